The molecule has 0 atom stereocenters. The summed E-state index contributed by atoms with van der Waals surface area (Å²) in [6, 6.07) is 14.5. The lowest BCUT2D eigenvalue weighted by Gasteiger charge is -2.33. The predicted molar refractivity (Wildman–Crippen MR) is 105 cm³/mol. The summed E-state index contributed by atoms with van der Waals surface area (Å²) >= 11 is 6.09. The van der Waals surface area contributed by atoms with Crippen LogP contribution in [0.1, 0.15) is 6.92 Å². The van der Waals surface area contributed by atoms with Crippen molar-refractivity contribution in [2.45, 2.75) is 6.92 Å². The van der Waals surface area contributed by atoms with Gasteiger partial charge in [0.15, 0.2) is 5.75 Å². The van der Waals surface area contributed by atoms with Crippen LogP contribution in [0.4, 0.5) is 5.69 Å². The van der Waals surface area contributed by atoms with E-state index in [1.54, 1.807) is 30.0 Å². The number of piperazine rings is 1. The smallest absolute Gasteiger partial charge is 0.238 e. The molecule has 0 bridgehead atoms. The number of hydrogen-bond acceptors (Lipinski definition) is 4. The Labute approximate surface area is 163 Å². The van der Waals surface area contributed by atoms with Crippen molar-refractivity contribution in [2.24, 2.45) is 0 Å². The van der Waals surface area contributed by atoms with Crippen molar-refractivity contribution in [3.63, 3.8) is 0 Å². The number of para-hydroxylation sites is 1. The molecule has 0 aliphatic carbocycles. The van der Waals surface area contributed by atoms with Gasteiger partial charge in [0, 0.05) is 38.1 Å². The second kappa shape index (κ2) is 8.88. The molecular weight excluding hydrogens is 366 g/mol. The second-order valence-corrected chi connectivity index (χ2v) is 6.82. The Balaban J connectivity index is 1.62. The first-order chi connectivity index (χ1) is 13.0. The molecule has 7 heteroatoms. The average Bonchev–Trinajstić information content (AvgIpc) is 2.65. The number of halogens is 1. The molecule has 2 aromatic carbocycles. The van der Waals surface area contributed by atoms with Gasteiger partial charge in [-0.3, -0.25) is 14.5 Å². The number of hydrogen-bond donors (Lipinski definition) is 1. The predicted octanol–water partition coefficient (Wildman–Crippen LogP) is 3.23. The Hall–Kier alpha value is -2.57. The maximum Gasteiger partial charge on any atom is 0.238 e. The molecule has 3 rings (SSSR count). The van der Waals surface area contributed by atoms with E-state index in [1.807, 2.05) is 35.2 Å². The minimum atomic E-state index is -0.147. The van der Waals surface area contributed by atoms with E-state index in [1.165, 1.54) is 0 Å². The zero-order valence-corrected chi connectivity index (χ0v) is 15.9. The molecule has 1 heterocycles. The van der Waals surface area contributed by atoms with Crippen LogP contribution in [-0.4, -0.2) is 54.3 Å². The van der Waals surface area contributed by atoms with Gasteiger partial charge >= 0.3 is 0 Å². The highest BCUT2D eigenvalue weighted by atomic mass is 35.5. The van der Waals surface area contributed by atoms with E-state index < -0.39 is 0 Å². The number of benzene rings is 2. The van der Waals surface area contributed by atoms with Crippen LogP contribution < -0.4 is 10.1 Å². The highest BCUT2D eigenvalue weighted by Crippen LogP contribution is 2.32. The van der Waals surface area contributed by atoms with E-state index in [2.05, 4.69) is 5.32 Å². The van der Waals surface area contributed by atoms with Gasteiger partial charge in [-0.25, -0.2) is 0 Å². The molecule has 2 aromatic rings. The summed E-state index contributed by atoms with van der Waals surface area (Å²) in [5.74, 6) is 1.13. The minimum Gasteiger partial charge on any atom is -0.455 e. The molecule has 0 unspecified atom stereocenters. The molecule has 0 spiro atoms. The Morgan fingerprint density at radius 2 is 1.78 bits per heavy atom. The van der Waals surface area contributed by atoms with Crippen LogP contribution in [0.15, 0.2) is 48.5 Å². The van der Waals surface area contributed by atoms with Crippen molar-refractivity contribution in [1.82, 2.24) is 9.80 Å². The van der Waals surface area contributed by atoms with E-state index in [9.17, 15) is 9.59 Å². The largest absolute Gasteiger partial charge is 0.455 e. The Kier molecular flexibility index (Phi) is 6.32. The standard InChI is InChI=1S/C20H22ClN3O3/c1-15(25)24-11-9-23(10-12-24)14-20(26)22-18-13-16(21)7-8-19(18)27-17-5-3-2-4-6-17/h2-8,13H,9-12,14H2,1H3,(H,22,26). The molecule has 0 radical (unpaired) electrons. The summed E-state index contributed by atoms with van der Waals surface area (Å²) in [5, 5.41) is 3.40. The molecule has 0 aromatic heterocycles. The number of nitrogens with zero attached hydrogens (tertiary/aromatic N) is 2. The number of rotatable bonds is 5. The lowest BCUT2D eigenvalue weighted by Crippen LogP contribution is -2.49. The van der Waals surface area contributed by atoms with E-state index >= 15 is 0 Å². The van der Waals surface area contributed by atoms with Crippen molar-refractivity contribution in [3.8, 4) is 11.5 Å². The lowest BCUT2D eigenvalue weighted by molar-refractivity contribution is -0.130. The number of carbonyl (C=O) groups is 2. The number of ether oxygens (including phenoxy) is 1. The molecular formula is C20H22ClN3O3. The summed E-state index contributed by atoms with van der Waals surface area (Å²) in [7, 11) is 0. The lowest BCUT2D eigenvalue weighted by atomic mass is 10.2. The maximum atomic E-state index is 12.5. The van der Waals surface area contributed by atoms with Crippen LogP contribution in [0.5, 0.6) is 11.5 Å². The third-order valence-corrected chi connectivity index (χ3v) is 4.61. The Bertz CT molecular complexity index is 805. The molecule has 1 aliphatic rings. The van der Waals surface area contributed by atoms with Gasteiger partial charge in [0.25, 0.3) is 0 Å². The van der Waals surface area contributed by atoms with Crippen molar-refractivity contribution in [1.29, 1.82) is 0 Å². The maximum absolute atomic E-state index is 12.5. The summed E-state index contributed by atoms with van der Waals surface area (Å²) in [5.41, 5.74) is 0.527. The van der Waals surface area contributed by atoms with Crippen LogP contribution in [-0.2, 0) is 9.59 Å². The SMILES string of the molecule is CC(=O)N1CCN(CC(=O)Nc2cc(Cl)ccc2Oc2ccccc2)CC1. The zero-order chi connectivity index (χ0) is 19.2. The van der Waals surface area contributed by atoms with Crippen LogP contribution >= 0.6 is 11.6 Å². The first-order valence-electron chi connectivity index (χ1n) is 8.81. The van der Waals surface area contributed by atoms with Crippen LogP contribution in [0, 0.1) is 0 Å². The summed E-state index contributed by atoms with van der Waals surface area (Å²) < 4.78 is 5.86. The molecule has 1 N–H and O–H groups in total. The van der Waals surface area contributed by atoms with Crippen molar-refractivity contribution < 1.29 is 14.3 Å². The molecule has 1 aliphatic heterocycles. The van der Waals surface area contributed by atoms with Gasteiger partial charge in [-0.05, 0) is 30.3 Å². The van der Waals surface area contributed by atoms with Crippen LogP contribution in [0.3, 0.4) is 0 Å². The minimum absolute atomic E-state index is 0.0701. The molecule has 0 saturated carbocycles. The summed E-state index contributed by atoms with van der Waals surface area (Å²) in [4.78, 5) is 27.7. The molecule has 6 nitrogen and oxygen atoms in total. The highest BCUT2D eigenvalue weighted by Gasteiger charge is 2.20. The zero-order valence-electron chi connectivity index (χ0n) is 15.2. The van der Waals surface area contributed by atoms with Gasteiger partial charge in [-0.1, -0.05) is 29.8 Å². The fourth-order valence-electron chi connectivity index (χ4n) is 2.92. The highest BCUT2D eigenvalue weighted by molar-refractivity contribution is 6.31. The van der Waals surface area contributed by atoms with Crippen molar-refractivity contribution >= 4 is 29.1 Å². The van der Waals surface area contributed by atoms with Gasteiger partial charge in [-0.2, -0.15) is 0 Å². The fraction of sp³-hybridized carbons (Fsp3) is 0.300. The normalized spacial score (nSPS) is 14.7. The molecule has 142 valence electrons. The van der Waals surface area contributed by atoms with Crippen LogP contribution in [0.25, 0.3) is 0 Å². The van der Waals surface area contributed by atoms with E-state index in [0.717, 1.165) is 0 Å². The Morgan fingerprint density at radius 3 is 2.44 bits per heavy atom. The number of anilines is 1. The number of nitrogens with one attached hydrogen (secondary N) is 1. The molecule has 1 saturated heterocycles. The van der Waals surface area contributed by atoms with Gasteiger partial charge < -0.3 is 15.0 Å². The average molecular weight is 388 g/mol. The van der Waals surface area contributed by atoms with Gasteiger partial charge in [0.1, 0.15) is 5.75 Å². The van der Waals surface area contributed by atoms with Gasteiger partial charge in [0.2, 0.25) is 11.8 Å². The van der Waals surface area contributed by atoms with Gasteiger partial charge in [-0.15, -0.1) is 0 Å². The van der Waals surface area contributed by atoms with E-state index in [0.29, 0.717) is 48.4 Å². The summed E-state index contributed by atoms with van der Waals surface area (Å²) in [6.45, 7) is 4.45. The second-order valence-electron chi connectivity index (χ2n) is 6.39. The third-order valence-electron chi connectivity index (χ3n) is 4.37. The topological polar surface area (TPSA) is 61.9 Å². The van der Waals surface area contributed by atoms with E-state index in [-0.39, 0.29) is 18.4 Å². The summed E-state index contributed by atoms with van der Waals surface area (Å²) in [6.07, 6.45) is 0. The first-order valence-corrected chi connectivity index (χ1v) is 9.19. The van der Waals surface area contributed by atoms with Crippen molar-refractivity contribution in [3.05, 3.63) is 53.6 Å². The molecule has 2 amide bonds. The third kappa shape index (κ3) is 5.45. The van der Waals surface area contributed by atoms with Crippen LogP contribution in [0.2, 0.25) is 5.02 Å². The van der Waals surface area contributed by atoms with Crippen molar-refractivity contribution in [2.75, 3.05) is 38.0 Å². The monoisotopic (exact) mass is 387 g/mol. The number of amides is 2. The Morgan fingerprint density at radius 1 is 1.07 bits per heavy atom. The molecule has 27 heavy (non-hydrogen) atoms. The molecule has 1 fully saturated rings. The first kappa shape index (κ1) is 19.2. The number of carbonyl (C=O) groups excluding carboxylic acids is 2. The van der Waals surface area contributed by atoms with E-state index in [4.69, 9.17) is 16.3 Å². The van der Waals surface area contributed by atoms with Gasteiger partial charge in [0.05, 0.1) is 12.2 Å². The quantitative estimate of drug-likeness (QED) is 0.855. The fourth-order valence-corrected chi connectivity index (χ4v) is 3.09.